The zero-order valence-electron chi connectivity index (χ0n) is 51.5. The van der Waals surface area contributed by atoms with Crippen LogP contribution in [0, 0.1) is 0 Å². The SMILES string of the molecule is CCC(C)n1ncn(-c2ccc(N3CCN(c4ccc(OCC5COC(Cn6cncn6)(c6ccc(Cl)cc6Cl)O5)cc4)CC3)cc2)c1=O.CO[C@@H]1[C@H](N(C)C(=O)c2ccccc2)C[C@H]2O[C@]1(C)n1c3ccccc3c3c4c(c5c6ccccc6n2c5c31)C(=O)NC4. The van der Waals surface area contributed by atoms with Gasteiger partial charge in [-0.1, -0.05) is 90.8 Å². The molecule has 2 bridgehead atoms. The summed E-state index contributed by atoms with van der Waals surface area (Å²) in [6, 6.07) is 47.3. The first-order valence-electron chi connectivity index (χ1n) is 31.2. The molecule has 22 heteroatoms. The van der Waals surface area contributed by atoms with E-state index in [0.717, 1.165) is 110 Å². The molecule has 0 radical (unpaired) electrons. The Kier molecular flexibility index (Phi) is 15.2. The van der Waals surface area contributed by atoms with E-state index in [-0.39, 0.29) is 42.2 Å². The molecule has 20 nitrogen and oxygen atoms in total. The molecular weight excluding hydrogens is 1210 g/mol. The van der Waals surface area contributed by atoms with E-state index < -0.39 is 23.8 Å². The summed E-state index contributed by atoms with van der Waals surface area (Å²) in [5.41, 5.74) is 9.10. The Labute approximate surface area is 539 Å². The second-order valence-electron chi connectivity index (χ2n) is 24.4. The number of anilines is 2. The number of para-hydroxylation sites is 2. The van der Waals surface area contributed by atoms with E-state index in [1.54, 1.807) is 41.1 Å². The van der Waals surface area contributed by atoms with Crippen molar-refractivity contribution in [2.75, 3.05) is 63.4 Å². The molecule has 0 aliphatic carbocycles. The lowest BCUT2D eigenvalue weighted by Crippen LogP contribution is -2.61. The van der Waals surface area contributed by atoms with Gasteiger partial charge in [-0.25, -0.2) is 23.7 Å². The van der Waals surface area contributed by atoms with Gasteiger partial charge in [0.2, 0.25) is 5.79 Å². The fraction of sp³-hybridized carbons (Fsp3) is 0.314. The molecule has 5 aliphatic rings. The number of piperazine rings is 1. The van der Waals surface area contributed by atoms with Crippen molar-refractivity contribution in [2.24, 2.45) is 0 Å². The molecule has 3 unspecified atom stereocenters. The van der Waals surface area contributed by atoms with Crippen molar-refractivity contribution in [2.45, 2.75) is 88.7 Å². The number of nitrogens with one attached hydrogen (secondary N) is 1. The number of nitrogens with zero attached hydrogens (tertiary/aromatic N) is 11. The molecule has 2 amide bonds. The lowest BCUT2D eigenvalue weighted by atomic mass is 9.91. The third-order valence-corrected chi connectivity index (χ3v) is 19.7. The van der Waals surface area contributed by atoms with Crippen molar-refractivity contribution < 1.29 is 33.3 Å². The van der Waals surface area contributed by atoms with E-state index in [1.807, 2.05) is 111 Å². The number of benzene rings is 7. The van der Waals surface area contributed by atoms with E-state index >= 15 is 0 Å². The third-order valence-electron chi connectivity index (χ3n) is 19.2. The van der Waals surface area contributed by atoms with Crippen LogP contribution in [0.25, 0.3) is 49.3 Å². The number of fused-ring (bicyclic) bond motifs is 13. The monoisotopic (exact) mass is 1270 g/mol. The molecule has 7 atom stereocenters. The van der Waals surface area contributed by atoms with E-state index in [4.69, 9.17) is 46.9 Å². The molecule has 4 aromatic heterocycles. The van der Waals surface area contributed by atoms with Gasteiger partial charge in [0, 0.05) is 102 Å². The molecule has 0 spiro atoms. The van der Waals surface area contributed by atoms with Crippen molar-refractivity contribution >= 4 is 90.0 Å². The van der Waals surface area contributed by atoms with Gasteiger partial charge in [0.25, 0.3) is 11.8 Å². The number of hydrogen-bond donors (Lipinski definition) is 1. The van der Waals surface area contributed by atoms with Crippen LogP contribution >= 0.6 is 23.2 Å². The van der Waals surface area contributed by atoms with Crippen LogP contribution in [0.1, 0.15) is 77.7 Å². The summed E-state index contributed by atoms with van der Waals surface area (Å²) in [7, 11) is 3.57. The predicted molar refractivity (Wildman–Crippen MR) is 353 cm³/mol. The maximum absolute atomic E-state index is 13.9. The number of amides is 2. The van der Waals surface area contributed by atoms with Crippen LogP contribution in [0.5, 0.6) is 5.75 Å². The number of aromatic nitrogens is 8. The normalized spacial score (nSPS) is 22.0. The van der Waals surface area contributed by atoms with Gasteiger partial charge < -0.3 is 52.8 Å². The molecule has 3 saturated heterocycles. The van der Waals surface area contributed by atoms with Crippen molar-refractivity contribution in [1.82, 2.24) is 48.5 Å². The molecule has 16 rings (SSSR count). The number of hydrogen-bond acceptors (Lipinski definition) is 13. The maximum atomic E-state index is 13.9. The summed E-state index contributed by atoms with van der Waals surface area (Å²) in [6.07, 6.45) is 4.80. The van der Waals surface area contributed by atoms with Crippen molar-refractivity contribution in [3.63, 3.8) is 0 Å². The Morgan fingerprint density at radius 2 is 1.47 bits per heavy atom. The van der Waals surface area contributed by atoms with Crippen molar-refractivity contribution in [3.8, 4) is 11.4 Å². The Morgan fingerprint density at radius 3 is 2.15 bits per heavy atom. The number of halogens is 2. The first-order chi connectivity index (χ1) is 44.7. The van der Waals surface area contributed by atoms with Crippen LogP contribution in [-0.4, -0.2) is 127 Å². The van der Waals surface area contributed by atoms with Crippen LogP contribution in [0.2, 0.25) is 10.0 Å². The number of carbonyl (C=O) groups excluding carboxylic acids is 2. The third kappa shape index (κ3) is 9.88. The molecule has 3 fully saturated rings. The molecule has 9 heterocycles. The first kappa shape index (κ1) is 59.3. The second kappa shape index (κ2) is 23.6. The van der Waals surface area contributed by atoms with Gasteiger partial charge in [-0.05, 0) is 111 Å². The van der Waals surface area contributed by atoms with Crippen LogP contribution in [0.4, 0.5) is 11.4 Å². The predicted octanol–water partition coefficient (Wildman–Crippen LogP) is 11.5. The highest BCUT2D eigenvalue weighted by Gasteiger charge is 2.55. The number of ether oxygens (including phenoxy) is 5. The molecule has 7 aromatic carbocycles. The van der Waals surface area contributed by atoms with Crippen LogP contribution < -0.4 is 25.5 Å². The van der Waals surface area contributed by atoms with Gasteiger partial charge in [-0.2, -0.15) is 10.2 Å². The Morgan fingerprint density at radius 1 is 0.793 bits per heavy atom. The Balaban J connectivity index is 0.000000154. The number of likely N-dealkylation sites (N-methyl/N-ethyl adjacent to an activating group) is 1. The first-order valence-corrected chi connectivity index (χ1v) is 31.9. The highest BCUT2D eigenvalue weighted by Crippen LogP contribution is 2.54. The molecular formula is C70H68Cl2N12O8. The summed E-state index contributed by atoms with van der Waals surface area (Å²) in [4.78, 5) is 50.8. The summed E-state index contributed by atoms with van der Waals surface area (Å²) >= 11 is 12.7. The fourth-order valence-corrected chi connectivity index (χ4v) is 15.1. The minimum Gasteiger partial charge on any atom is -0.491 e. The van der Waals surface area contributed by atoms with E-state index in [0.29, 0.717) is 47.4 Å². The van der Waals surface area contributed by atoms with E-state index in [2.05, 4.69) is 94.9 Å². The molecule has 11 aromatic rings. The highest BCUT2D eigenvalue weighted by molar-refractivity contribution is 6.35. The van der Waals surface area contributed by atoms with Gasteiger partial charge in [0.05, 0.1) is 57.0 Å². The Bertz CT molecular complexity index is 4680. The average molecular weight is 1280 g/mol. The average Bonchev–Trinajstić information content (AvgIpc) is 1.50. The quantitative estimate of drug-likeness (QED) is 0.109. The van der Waals surface area contributed by atoms with Gasteiger partial charge in [0.1, 0.15) is 56.3 Å². The molecule has 1 N–H and O–H groups in total. The van der Waals surface area contributed by atoms with Gasteiger partial charge in [-0.3, -0.25) is 9.59 Å². The topological polar surface area (TPSA) is 182 Å². The van der Waals surface area contributed by atoms with E-state index in [1.165, 1.54) is 11.0 Å². The minimum absolute atomic E-state index is 0.0446. The summed E-state index contributed by atoms with van der Waals surface area (Å²) in [5, 5.41) is 16.7. The fourth-order valence-electron chi connectivity index (χ4n) is 14.6. The lowest BCUT2D eigenvalue weighted by molar-refractivity contribution is -0.264. The zero-order valence-corrected chi connectivity index (χ0v) is 53.0. The van der Waals surface area contributed by atoms with Crippen molar-refractivity contribution in [1.29, 1.82) is 0 Å². The summed E-state index contributed by atoms with van der Waals surface area (Å²) in [5.74, 6) is -0.517. The molecule has 92 heavy (non-hydrogen) atoms. The lowest BCUT2D eigenvalue weighted by Gasteiger charge is -2.50. The second-order valence-corrected chi connectivity index (χ2v) is 25.2. The smallest absolute Gasteiger partial charge is 0.350 e. The zero-order chi connectivity index (χ0) is 63.2. The summed E-state index contributed by atoms with van der Waals surface area (Å²) < 4.78 is 41.8. The highest BCUT2D eigenvalue weighted by atomic mass is 35.5. The molecule has 470 valence electrons. The molecule has 0 saturated carbocycles. The standard InChI is InChI=1S/C35H38Cl2N8O4.C35H30N4O4/c1-3-25(2)45-34(46)44(24-40-45)29-7-5-27(6-8-29)41-14-16-42(17-15-41)28-9-11-30(12-10-28)47-19-31-20-48-35(49-31,21-43-23-38-22-39-43)32-13-4-26(36)18-33(32)37;1-35-32(42-3)25(37(2)34(41)19-11-5-4-6-12-19)17-26(43-35)38-23-15-9-7-13-20(23)28-29-22(18-36-33(29)40)27-21-14-8-10-16-24(21)39(35)31(27)30(28)38/h4-13,18,22-25,31H,3,14-17,19-21H2,1-2H3;4-16,25-26,32H,17-18H2,1-3H3,(H,36,40)/t;25-,26-,32-,35+/m.1/s1. The van der Waals surface area contributed by atoms with E-state index in [9.17, 15) is 14.4 Å². The number of methoxy groups -OCH3 is 1. The largest absolute Gasteiger partial charge is 0.491 e. The van der Waals surface area contributed by atoms with Crippen molar-refractivity contribution in [3.05, 3.63) is 207 Å². The van der Waals surface area contributed by atoms with Crippen LogP contribution in [0.3, 0.4) is 0 Å². The van der Waals surface area contributed by atoms with Gasteiger partial charge in [0.15, 0.2) is 5.72 Å². The van der Waals surface area contributed by atoms with Gasteiger partial charge >= 0.3 is 5.69 Å². The number of carbonyl (C=O) groups is 2. The summed E-state index contributed by atoms with van der Waals surface area (Å²) in [6.45, 7) is 11.0. The van der Waals surface area contributed by atoms with Crippen LogP contribution in [0.15, 0.2) is 169 Å². The van der Waals surface area contributed by atoms with Gasteiger partial charge in [-0.15, -0.1) is 0 Å². The number of rotatable bonds is 14. The van der Waals surface area contributed by atoms with Crippen LogP contribution in [-0.2, 0) is 43.5 Å². The Hall–Kier alpha value is -9.02. The maximum Gasteiger partial charge on any atom is 0.350 e. The minimum atomic E-state index is -1.16. The molecule has 5 aliphatic heterocycles.